The lowest BCUT2D eigenvalue weighted by molar-refractivity contribution is 0.554. The monoisotopic (exact) mass is 156 g/mol. The van der Waals surface area contributed by atoms with Crippen molar-refractivity contribution in [3.8, 4) is 0 Å². The van der Waals surface area contributed by atoms with E-state index in [-0.39, 0.29) is 5.48 Å². The Balaban J connectivity index is 0. The Labute approximate surface area is 51.5 Å². The van der Waals surface area contributed by atoms with Gasteiger partial charge in [-0.1, -0.05) is 0 Å². The molecule has 0 aliphatic heterocycles. The molecule has 0 radical (unpaired) electrons. The maximum absolute atomic E-state index is 11.3. The van der Waals surface area contributed by atoms with Gasteiger partial charge in [-0.3, -0.25) is 0 Å². The molecule has 6 heteroatoms. The standard InChI is InChI=1S/C3H3FO3S.H2O/c4-8(6,7)3-1-2-5;/h1H,3H2;1H2. The fourth-order valence-electron chi connectivity index (χ4n) is 0.134. The molecular weight excluding hydrogens is 151 g/mol. The number of carbonyl (C=O) groups excluding carboxylic acids is 1. The molecule has 0 atom stereocenters. The van der Waals surface area contributed by atoms with Crippen molar-refractivity contribution < 1.29 is 22.6 Å². The summed E-state index contributed by atoms with van der Waals surface area (Å²) in [7, 11) is -4.50. The second-order valence-electron chi connectivity index (χ2n) is 1.03. The van der Waals surface area contributed by atoms with Crippen LogP contribution in [-0.2, 0) is 15.0 Å². The molecule has 0 rings (SSSR count). The summed E-state index contributed by atoms with van der Waals surface area (Å²) in [6, 6.07) is 0. The lowest BCUT2D eigenvalue weighted by Gasteiger charge is -1.77. The van der Waals surface area contributed by atoms with E-state index in [1.807, 2.05) is 0 Å². The first kappa shape index (κ1) is 11.1. The van der Waals surface area contributed by atoms with Crippen molar-refractivity contribution in [3.63, 3.8) is 0 Å². The van der Waals surface area contributed by atoms with E-state index in [1.165, 1.54) is 0 Å². The van der Waals surface area contributed by atoms with E-state index in [4.69, 9.17) is 0 Å². The van der Waals surface area contributed by atoms with Gasteiger partial charge in [-0.2, -0.15) is 8.42 Å². The van der Waals surface area contributed by atoms with Crippen molar-refractivity contribution in [2.75, 3.05) is 5.75 Å². The molecule has 0 heterocycles. The van der Waals surface area contributed by atoms with Gasteiger partial charge in [0.15, 0.2) is 0 Å². The number of halogens is 1. The molecule has 0 aromatic carbocycles. The van der Waals surface area contributed by atoms with Crippen LogP contribution in [0.2, 0.25) is 0 Å². The zero-order valence-electron chi connectivity index (χ0n) is 4.30. The molecule has 2 N–H and O–H groups in total. The normalized spacial score (nSPS) is 9.00. The summed E-state index contributed by atoms with van der Waals surface area (Å²) in [5.74, 6) is 0.252. The number of rotatable bonds is 2. The Morgan fingerprint density at radius 2 is 2.00 bits per heavy atom. The number of hydrogen-bond donors (Lipinski definition) is 0. The van der Waals surface area contributed by atoms with Crippen LogP contribution in [0.25, 0.3) is 0 Å². The van der Waals surface area contributed by atoms with Crippen LogP contribution < -0.4 is 0 Å². The van der Waals surface area contributed by atoms with Crippen molar-refractivity contribution >= 4 is 16.2 Å². The summed E-state index contributed by atoms with van der Waals surface area (Å²) in [6.45, 7) is 0. The smallest absolute Gasteiger partial charge is 0.306 e. The van der Waals surface area contributed by atoms with Crippen molar-refractivity contribution in [1.29, 1.82) is 0 Å². The number of hydrogen-bond acceptors (Lipinski definition) is 3. The zero-order chi connectivity index (χ0) is 6.62. The van der Waals surface area contributed by atoms with Crippen LogP contribution in [0, 0.1) is 0 Å². The Morgan fingerprint density at radius 1 is 1.56 bits per heavy atom. The predicted molar refractivity (Wildman–Crippen MR) is 28.8 cm³/mol. The van der Waals surface area contributed by atoms with Crippen LogP contribution in [0.3, 0.4) is 0 Å². The Hall–Kier alpha value is -0.710. The minimum absolute atomic E-state index is 0. The summed E-state index contributed by atoms with van der Waals surface area (Å²) in [5.41, 5.74) is 0. The first-order valence-electron chi connectivity index (χ1n) is 1.68. The SMILES string of the molecule is O.O=C=CCS(=O)(=O)F. The zero-order valence-corrected chi connectivity index (χ0v) is 5.11. The van der Waals surface area contributed by atoms with Crippen LogP contribution in [-0.4, -0.2) is 25.6 Å². The fraction of sp³-hybridized carbons (Fsp3) is 0.333. The highest BCUT2D eigenvalue weighted by Gasteiger charge is 2.01. The average Bonchev–Trinajstić information content (AvgIpc) is 1.59. The highest BCUT2D eigenvalue weighted by molar-refractivity contribution is 7.86. The van der Waals surface area contributed by atoms with Crippen LogP contribution >= 0.6 is 0 Å². The molecule has 0 aromatic heterocycles. The van der Waals surface area contributed by atoms with Crippen LogP contribution in [0.1, 0.15) is 0 Å². The molecule has 0 amide bonds. The molecule has 54 valence electrons. The maximum atomic E-state index is 11.3. The third-order valence-electron chi connectivity index (χ3n) is 0.366. The summed E-state index contributed by atoms with van der Waals surface area (Å²) in [6.07, 6.45) is 0.565. The molecule has 0 saturated heterocycles. The van der Waals surface area contributed by atoms with Gasteiger partial charge in [-0.15, -0.1) is 3.89 Å². The average molecular weight is 156 g/mol. The molecule has 0 aliphatic rings. The largest absolute Gasteiger partial charge is 0.412 e. The molecule has 0 aliphatic carbocycles. The second-order valence-corrected chi connectivity index (χ2v) is 2.44. The molecule has 0 saturated carbocycles. The summed E-state index contributed by atoms with van der Waals surface area (Å²) >= 11 is 0. The summed E-state index contributed by atoms with van der Waals surface area (Å²) < 4.78 is 30.4. The van der Waals surface area contributed by atoms with Gasteiger partial charge in [0.1, 0.15) is 11.7 Å². The van der Waals surface area contributed by atoms with E-state index >= 15 is 0 Å². The van der Waals surface area contributed by atoms with Crippen LogP contribution in [0.5, 0.6) is 0 Å². The molecule has 0 unspecified atom stereocenters. The molecule has 0 bridgehead atoms. The third-order valence-corrected chi connectivity index (χ3v) is 0.931. The van der Waals surface area contributed by atoms with Gasteiger partial charge < -0.3 is 5.48 Å². The van der Waals surface area contributed by atoms with Crippen molar-refractivity contribution in [2.45, 2.75) is 0 Å². The summed E-state index contributed by atoms with van der Waals surface area (Å²) in [5, 5.41) is 0. The molecule has 9 heavy (non-hydrogen) atoms. The molecule has 0 fully saturated rings. The van der Waals surface area contributed by atoms with E-state index < -0.39 is 16.0 Å². The van der Waals surface area contributed by atoms with Gasteiger partial charge in [0.05, 0.1) is 0 Å². The fourth-order valence-corrected chi connectivity index (χ4v) is 0.401. The molecule has 0 spiro atoms. The Kier molecular flexibility index (Phi) is 5.19. The highest BCUT2D eigenvalue weighted by atomic mass is 32.3. The van der Waals surface area contributed by atoms with Crippen LogP contribution in [0.15, 0.2) is 6.08 Å². The highest BCUT2D eigenvalue weighted by Crippen LogP contribution is 1.87. The first-order valence-corrected chi connectivity index (χ1v) is 3.23. The van der Waals surface area contributed by atoms with Gasteiger partial charge in [0.25, 0.3) is 0 Å². The second kappa shape index (κ2) is 4.20. The van der Waals surface area contributed by atoms with Gasteiger partial charge >= 0.3 is 10.2 Å². The minimum atomic E-state index is -4.50. The maximum Gasteiger partial charge on any atom is 0.306 e. The van der Waals surface area contributed by atoms with Crippen LogP contribution in [0.4, 0.5) is 3.89 Å². The Morgan fingerprint density at radius 3 is 2.11 bits per heavy atom. The first-order chi connectivity index (χ1) is 3.56. The Bertz CT molecular complexity index is 200. The van der Waals surface area contributed by atoms with Gasteiger partial charge in [0.2, 0.25) is 0 Å². The van der Waals surface area contributed by atoms with E-state index in [2.05, 4.69) is 0 Å². The molecular formula is C3H5FO4S. The van der Waals surface area contributed by atoms with Gasteiger partial charge in [-0.05, 0) is 0 Å². The lowest BCUT2D eigenvalue weighted by atomic mass is 10.8. The van der Waals surface area contributed by atoms with E-state index in [9.17, 15) is 17.1 Å². The summed E-state index contributed by atoms with van der Waals surface area (Å²) in [4.78, 5) is 9.24. The minimum Gasteiger partial charge on any atom is -0.412 e. The van der Waals surface area contributed by atoms with E-state index in [0.29, 0.717) is 6.08 Å². The van der Waals surface area contributed by atoms with Crippen molar-refractivity contribution in [3.05, 3.63) is 6.08 Å². The molecule has 4 nitrogen and oxygen atoms in total. The van der Waals surface area contributed by atoms with Crippen molar-refractivity contribution in [1.82, 2.24) is 0 Å². The van der Waals surface area contributed by atoms with Gasteiger partial charge in [-0.25, -0.2) is 4.79 Å². The van der Waals surface area contributed by atoms with Crippen molar-refractivity contribution in [2.24, 2.45) is 0 Å². The third kappa shape index (κ3) is 11.1. The van der Waals surface area contributed by atoms with Gasteiger partial charge in [0, 0.05) is 6.08 Å². The topological polar surface area (TPSA) is 82.7 Å². The van der Waals surface area contributed by atoms with E-state index in [1.54, 1.807) is 0 Å². The predicted octanol–water partition coefficient (Wildman–Crippen LogP) is -1.15. The molecule has 0 aromatic rings. The van der Waals surface area contributed by atoms with E-state index in [0.717, 1.165) is 5.94 Å². The quantitative estimate of drug-likeness (QED) is 0.373. The lowest BCUT2D eigenvalue weighted by Crippen LogP contribution is -1.93.